The van der Waals surface area contributed by atoms with Crippen LogP contribution in [-0.2, 0) is 19.4 Å². The van der Waals surface area contributed by atoms with Crippen LogP contribution >= 0.6 is 11.3 Å². The van der Waals surface area contributed by atoms with E-state index in [0.29, 0.717) is 0 Å². The number of aliphatic carboxylic acids is 1. The van der Waals surface area contributed by atoms with E-state index in [1.807, 2.05) is 0 Å². The number of hydrogen-bond donors (Lipinski definition) is 1. The lowest BCUT2D eigenvalue weighted by atomic mass is 10.2. The molecule has 2 aromatic rings. The number of aromatic nitrogens is 1. The predicted octanol–water partition coefficient (Wildman–Crippen LogP) is 1.20. The van der Waals surface area contributed by atoms with Gasteiger partial charge in [-0.05, 0) is 12.1 Å². The highest BCUT2D eigenvalue weighted by Crippen LogP contribution is 2.23. The number of carbonyl (C=O) groups is 3. The predicted molar refractivity (Wildman–Crippen MR) is 75.6 cm³/mol. The van der Waals surface area contributed by atoms with E-state index in [1.54, 1.807) is 18.2 Å². The van der Waals surface area contributed by atoms with Crippen LogP contribution < -0.4 is 0 Å². The van der Waals surface area contributed by atoms with Gasteiger partial charge in [0.25, 0.3) is 0 Å². The molecule has 1 N–H and O–H groups in total. The standard InChI is InChI=1S/C13H9NO6S2/c15-9(6-10(16)13(17)18)12-14-11(7-21-12)22(19,20)8-4-2-1-3-5-8/h1-5,7H,6H2,(H,17,18). The molecule has 0 saturated heterocycles. The van der Waals surface area contributed by atoms with Crippen LogP contribution in [0.4, 0.5) is 0 Å². The lowest BCUT2D eigenvalue weighted by Crippen LogP contribution is -2.17. The largest absolute Gasteiger partial charge is 0.475 e. The number of carboxylic acid groups (broad SMARTS) is 1. The summed E-state index contributed by atoms with van der Waals surface area (Å²) in [5.74, 6) is -3.82. The Kier molecular flexibility index (Phi) is 4.48. The molecule has 0 spiro atoms. The van der Waals surface area contributed by atoms with Crippen LogP contribution in [0.3, 0.4) is 0 Å². The molecule has 7 nitrogen and oxygen atoms in total. The molecule has 0 fully saturated rings. The van der Waals surface area contributed by atoms with Gasteiger partial charge in [-0.1, -0.05) is 18.2 Å². The van der Waals surface area contributed by atoms with Gasteiger partial charge in [-0.2, -0.15) is 0 Å². The van der Waals surface area contributed by atoms with Crippen molar-refractivity contribution in [1.29, 1.82) is 0 Å². The quantitative estimate of drug-likeness (QED) is 0.477. The Morgan fingerprint density at radius 1 is 1.14 bits per heavy atom. The van der Waals surface area contributed by atoms with E-state index in [0.717, 1.165) is 11.3 Å². The van der Waals surface area contributed by atoms with Gasteiger partial charge in [-0.15, -0.1) is 11.3 Å². The molecule has 2 rings (SSSR count). The average Bonchev–Trinajstić information content (AvgIpc) is 2.98. The Bertz CT molecular complexity index is 838. The molecule has 0 aliphatic carbocycles. The third kappa shape index (κ3) is 3.26. The van der Waals surface area contributed by atoms with Crippen molar-refractivity contribution in [2.75, 3.05) is 0 Å². The van der Waals surface area contributed by atoms with E-state index >= 15 is 0 Å². The minimum atomic E-state index is -3.85. The summed E-state index contributed by atoms with van der Waals surface area (Å²) in [6.07, 6.45) is -0.854. The molecule has 1 aromatic carbocycles. The Hall–Kier alpha value is -2.39. The fourth-order valence-electron chi connectivity index (χ4n) is 1.53. The monoisotopic (exact) mass is 339 g/mol. The summed E-state index contributed by atoms with van der Waals surface area (Å²) in [4.78, 5) is 36.8. The fraction of sp³-hybridized carbons (Fsp3) is 0.0769. The molecule has 1 heterocycles. The van der Waals surface area contributed by atoms with Gasteiger partial charge in [0.05, 0.1) is 11.3 Å². The number of hydrogen-bond acceptors (Lipinski definition) is 7. The number of benzene rings is 1. The number of ketones is 2. The van der Waals surface area contributed by atoms with Crippen LogP contribution in [0.5, 0.6) is 0 Å². The summed E-state index contributed by atoms with van der Waals surface area (Å²) in [5, 5.41) is 9.10. The van der Waals surface area contributed by atoms with E-state index in [1.165, 1.54) is 17.5 Å². The zero-order chi connectivity index (χ0) is 16.3. The second-order valence-electron chi connectivity index (χ2n) is 4.14. The lowest BCUT2D eigenvalue weighted by molar-refractivity contribution is -0.148. The molecule has 114 valence electrons. The SMILES string of the molecule is O=C(O)C(=O)CC(=O)c1nc(S(=O)(=O)c2ccccc2)cs1. The average molecular weight is 339 g/mol. The topological polar surface area (TPSA) is 118 Å². The third-order valence-corrected chi connectivity index (χ3v) is 5.30. The van der Waals surface area contributed by atoms with E-state index < -0.39 is 33.8 Å². The van der Waals surface area contributed by atoms with Crippen LogP contribution in [0.1, 0.15) is 16.2 Å². The van der Waals surface area contributed by atoms with Crippen molar-refractivity contribution in [3.05, 3.63) is 40.7 Å². The van der Waals surface area contributed by atoms with Crippen molar-refractivity contribution < 1.29 is 27.9 Å². The number of thiazole rings is 1. The second-order valence-corrected chi connectivity index (χ2v) is 6.89. The molecule has 0 amide bonds. The van der Waals surface area contributed by atoms with Crippen LogP contribution in [0, 0.1) is 0 Å². The van der Waals surface area contributed by atoms with Crippen molar-refractivity contribution in [2.24, 2.45) is 0 Å². The van der Waals surface area contributed by atoms with Gasteiger partial charge in [0.2, 0.25) is 15.6 Å². The summed E-state index contributed by atoms with van der Waals surface area (Å²) in [6, 6.07) is 7.55. The summed E-state index contributed by atoms with van der Waals surface area (Å²) in [5.41, 5.74) is 0. The molecule has 0 saturated carbocycles. The Morgan fingerprint density at radius 2 is 1.77 bits per heavy atom. The molecule has 0 aliphatic rings. The summed E-state index contributed by atoms with van der Waals surface area (Å²) >= 11 is 0.748. The van der Waals surface area contributed by atoms with Gasteiger partial charge in [-0.25, -0.2) is 18.2 Å². The van der Waals surface area contributed by atoms with Gasteiger partial charge in [0.1, 0.15) is 0 Å². The van der Waals surface area contributed by atoms with Crippen molar-refractivity contribution in [3.8, 4) is 0 Å². The van der Waals surface area contributed by atoms with Crippen LogP contribution in [0.25, 0.3) is 0 Å². The van der Waals surface area contributed by atoms with E-state index in [4.69, 9.17) is 5.11 Å². The molecule has 0 unspecified atom stereocenters. The first kappa shape index (κ1) is 16.0. The minimum Gasteiger partial charge on any atom is -0.475 e. The molecule has 0 radical (unpaired) electrons. The van der Waals surface area contributed by atoms with Gasteiger partial charge < -0.3 is 5.11 Å². The van der Waals surface area contributed by atoms with Crippen LogP contribution in [0.15, 0.2) is 45.6 Å². The Labute approximate surface area is 129 Å². The maximum absolute atomic E-state index is 12.3. The normalized spacial score (nSPS) is 11.1. The first-order chi connectivity index (χ1) is 10.3. The van der Waals surface area contributed by atoms with Crippen molar-refractivity contribution in [2.45, 2.75) is 16.3 Å². The van der Waals surface area contributed by atoms with Crippen molar-refractivity contribution in [1.82, 2.24) is 4.98 Å². The number of carbonyl (C=O) groups excluding carboxylic acids is 2. The number of sulfone groups is 1. The van der Waals surface area contributed by atoms with E-state index in [2.05, 4.69) is 4.98 Å². The lowest BCUT2D eigenvalue weighted by Gasteiger charge is -1.99. The highest BCUT2D eigenvalue weighted by Gasteiger charge is 2.25. The first-order valence-electron chi connectivity index (χ1n) is 5.87. The minimum absolute atomic E-state index is 0.0286. The molecule has 0 bridgehead atoms. The molecule has 0 aliphatic heterocycles. The second kappa shape index (κ2) is 6.16. The molecule has 22 heavy (non-hydrogen) atoms. The number of nitrogens with zero attached hydrogens (tertiary/aromatic N) is 1. The maximum Gasteiger partial charge on any atom is 0.372 e. The maximum atomic E-state index is 12.3. The Morgan fingerprint density at radius 3 is 2.36 bits per heavy atom. The molecular formula is C13H9NO6S2. The Balaban J connectivity index is 2.27. The zero-order valence-electron chi connectivity index (χ0n) is 10.9. The van der Waals surface area contributed by atoms with Crippen molar-refractivity contribution >= 4 is 38.7 Å². The zero-order valence-corrected chi connectivity index (χ0v) is 12.6. The summed E-state index contributed by atoms with van der Waals surface area (Å²) in [6.45, 7) is 0. The molecule has 0 atom stereocenters. The molecule has 1 aromatic heterocycles. The highest BCUT2D eigenvalue weighted by atomic mass is 32.2. The van der Waals surface area contributed by atoms with Crippen molar-refractivity contribution in [3.63, 3.8) is 0 Å². The smallest absolute Gasteiger partial charge is 0.372 e. The summed E-state index contributed by atoms with van der Waals surface area (Å²) in [7, 11) is -3.85. The number of carboxylic acids is 1. The fourth-order valence-corrected chi connectivity index (χ4v) is 3.83. The highest BCUT2D eigenvalue weighted by molar-refractivity contribution is 7.91. The number of Topliss-reactive ketones (excluding diaryl/α,β-unsaturated/α-hetero) is 2. The van der Waals surface area contributed by atoms with Gasteiger partial charge in [0.15, 0.2) is 15.8 Å². The van der Waals surface area contributed by atoms with Gasteiger partial charge >= 0.3 is 5.97 Å². The first-order valence-corrected chi connectivity index (χ1v) is 8.23. The summed E-state index contributed by atoms with van der Waals surface area (Å²) < 4.78 is 24.5. The van der Waals surface area contributed by atoms with Crippen LogP contribution in [0.2, 0.25) is 0 Å². The van der Waals surface area contributed by atoms with E-state index in [-0.39, 0.29) is 14.9 Å². The molecular weight excluding hydrogens is 330 g/mol. The van der Waals surface area contributed by atoms with Gasteiger partial charge in [-0.3, -0.25) is 9.59 Å². The van der Waals surface area contributed by atoms with Gasteiger partial charge in [0, 0.05) is 5.38 Å². The van der Waals surface area contributed by atoms with Crippen LogP contribution in [-0.4, -0.2) is 36.0 Å². The number of rotatable bonds is 6. The van der Waals surface area contributed by atoms with E-state index in [9.17, 15) is 22.8 Å². The third-order valence-electron chi connectivity index (χ3n) is 2.61. The molecule has 9 heteroatoms.